The van der Waals surface area contributed by atoms with E-state index in [1.54, 1.807) is 0 Å². The van der Waals surface area contributed by atoms with E-state index in [0.29, 0.717) is 6.61 Å². The average Bonchev–Trinajstić information content (AvgIpc) is 2.95. The number of hydrogen-bond donors (Lipinski definition) is 1. The number of hydrazine groups is 1. The van der Waals surface area contributed by atoms with Gasteiger partial charge in [-0.05, 0) is 35.1 Å². The molecule has 0 radical (unpaired) electrons. The van der Waals surface area contributed by atoms with Gasteiger partial charge in [0.05, 0.1) is 0 Å². The van der Waals surface area contributed by atoms with Crippen LogP contribution in [0.25, 0.3) is 11.1 Å². The molecule has 4 rings (SSSR count). The van der Waals surface area contributed by atoms with Crippen molar-refractivity contribution in [3.05, 3.63) is 59.7 Å². The van der Waals surface area contributed by atoms with Gasteiger partial charge >= 0.3 is 6.09 Å². The predicted octanol–water partition coefficient (Wildman–Crippen LogP) is 3.93. The minimum Gasteiger partial charge on any atom is -0.448 e. The summed E-state index contributed by atoms with van der Waals surface area (Å²) in [4.78, 5) is 12.1. The Morgan fingerprint density at radius 1 is 0.958 bits per heavy atom. The summed E-state index contributed by atoms with van der Waals surface area (Å²) in [5, 5.41) is 1.96. The van der Waals surface area contributed by atoms with E-state index in [9.17, 15) is 4.79 Å². The Hall–Kier alpha value is -2.33. The van der Waals surface area contributed by atoms with E-state index < -0.39 is 0 Å². The van der Waals surface area contributed by atoms with E-state index in [1.807, 2.05) is 17.1 Å². The molecular weight excluding hydrogens is 300 g/mol. The molecule has 2 aromatic carbocycles. The molecule has 1 aliphatic carbocycles. The number of nitrogens with zero attached hydrogens (tertiary/aromatic N) is 1. The molecule has 1 saturated heterocycles. The van der Waals surface area contributed by atoms with Crippen LogP contribution in [0, 0.1) is 0 Å². The molecule has 1 aliphatic heterocycles. The number of amides is 1. The van der Waals surface area contributed by atoms with Crippen LogP contribution >= 0.6 is 0 Å². The lowest BCUT2D eigenvalue weighted by Gasteiger charge is -2.26. The monoisotopic (exact) mass is 322 g/mol. The van der Waals surface area contributed by atoms with Crippen molar-refractivity contribution in [1.82, 2.24) is 10.4 Å². The number of piperidine rings is 1. The Labute approximate surface area is 142 Å². The number of hydrogen-bond acceptors (Lipinski definition) is 3. The number of carbonyl (C=O) groups is 1. The van der Waals surface area contributed by atoms with Crippen molar-refractivity contribution in [2.75, 3.05) is 19.7 Å². The van der Waals surface area contributed by atoms with Gasteiger partial charge in [-0.3, -0.25) is 5.43 Å². The summed E-state index contributed by atoms with van der Waals surface area (Å²) in [5.74, 6) is 0.115. The van der Waals surface area contributed by atoms with Crippen LogP contribution in [0.1, 0.15) is 36.3 Å². The lowest BCUT2D eigenvalue weighted by atomic mass is 9.98. The van der Waals surface area contributed by atoms with E-state index in [0.717, 1.165) is 25.9 Å². The first-order chi connectivity index (χ1) is 11.8. The summed E-state index contributed by atoms with van der Waals surface area (Å²) >= 11 is 0. The molecule has 0 atom stereocenters. The molecule has 124 valence electrons. The summed E-state index contributed by atoms with van der Waals surface area (Å²) < 4.78 is 5.55. The summed E-state index contributed by atoms with van der Waals surface area (Å²) in [6, 6.07) is 16.8. The molecule has 2 aliphatic rings. The highest BCUT2D eigenvalue weighted by Gasteiger charge is 2.29. The Balaban J connectivity index is 1.45. The van der Waals surface area contributed by atoms with Crippen molar-refractivity contribution in [2.24, 2.45) is 0 Å². The molecular formula is C20H22N2O2. The van der Waals surface area contributed by atoms with Crippen LogP contribution < -0.4 is 5.43 Å². The quantitative estimate of drug-likeness (QED) is 0.931. The maximum atomic E-state index is 12.1. The molecule has 2 aromatic rings. The highest BCUT2D eigenvalue weighted by atomic mass is 16.6. The molecule has 1 N–H and O–H groups in total. The molecule has 24 heavy (non-hydrogen) atoms. The largest absolute Gasteiger partial charge is 0.448 e. The van der Waals surface area contributed by atoms with Crippen LogP contribution in [0.5, 0.6) is 0 Å². The average molecular weight is 322 g/mol. The summed E-state index contributed by atoms with van der Waals surface area (Å²) in [6.07, 6.45) is 3.15. The van der Waals surface area contributed by atoms with Gasteiger partial charge in [0.1, 0.15) is 6.61 Å². The van der Waals surface area contributed by atoms with E-state index >= 15 is 0 Å². The Morgan fingerprint density at radius 2 is 1.54 bits per heavy atom. The number of carbonyl (C=O) groups excluding carboxylic acids is 1. The minimum atomic E-state index is -0.348. The van der Waals surface area contributed by atoms with Crippen LogP contribution in [0.4, 0.5) is 4.79 Å². The Morgan fingerprint density at radius 3 is 2.17 bits per heavy atom. The third-order valence-corrected chi connectivity index (χ3v) is 4.95. The number of ether oxygens (including phenoxy) is 1. The third kappa shape index (κ3) is 2.89. The second-order valence-electron chi connectivity index (χ2n) is 6.49. The maximum Gasteiger partial charge on any atom is 0.421 e. The van der Waals surface area contributed by atoms with E-state index in [1.165, 1.54) is 28.7 Å². The first-order valence-corrected chi connectivity index (χ1v) is 8.69. The van der Waals surface area contributed by atoms with Gasteiger partial charge in [0.25, 0.3) is 0 Å². The molecule has 0 aromatic heterocycles. The molecule has 0 saturated carbocycles. The van der Waals surface area contributed by atoms with E-state index in [-0.39, 0.29) is 12.0 Å². The molecule has 4 heteroatoms. The van der Waals surface area contributed by atoms with Gasteiger partial charge in [0, 0.05) is 19.0 Å². The lowest BCUT2D eigenvalue weighted by molar-refractivity contribution is 0.0935. The van der Waals surface area contributed by atoms with Crippen LogP contribution in [0.15, 0.2) is 48.5 Å². The van der Waals surface area contributed by atoms with E-state index in [2.05, 4.69) is 41.8 Å². The zero-order valence-electron chi connectivity index (χ0n) is 13.7. The first kappa shape index (κ1) is 15.2. The smallest absolute Gasteiger partial charge is 0.421 e. The number of nitrogens with one attached hydrogen (secondary N) is 1. The first-order valence-electron chi connectivity index (χ1n) is 8.69. The zero-order chi connectivity index (χ0) is 16.4. The number of fused-ring (bicyclic) bond motifs is 3. The normalized spacial score (nSPS) is 17.2. The fourth-order valence-electron chi connectivity index (χ4n) is 3.77. The molecule has 0 spiro atoms. The van der Waals surface area contributed by atoms with Gasteiger partial charge in [0.2, 0.25) is 0 Å². The van der Waals surface area contributed by atoms with Gasteiger partial charge in [-0.2, -0.15) is 0 Å². The second kappa shape index (κ2) is 6.65. The summed E-state index contributed by atoms with van der Waals surface area (Å²) in [7, 11) is 0. The van der Waals surface area contributed by atoms with Crippen molar-refractivity contribution < 1.29 is 9.53 Å². The summed E-state index contributed by atoms with van der Waals surface area (Å²) in [5.41, 5.74) is 7.84. The molecule has 0 bridgehead atoms. The standard InChI is InChI=1S/C20H22N2O2/c23-20(21-22-12-6-1-7-13-22)24-14-19-17-10-4-2-8-15(17)16-9-3-5-11-18(16)19/h2-5,8-11,19H,1,6-7,12-14H2,(H,21,23). The topological polar surface area (TPSA) is 41.6 Å². The molecule has 4 nitrogen and oxygen atoms in total. The van der Waals surface area contributed by atoms with Crippen molar-refractivity contribution >= 4 is 6.09 Å². The SMILES string of the molecule is O=C(NN1CCCCC1)OCC1c2ccccc2-c2ccccc21. The third-order valence-electron chi connectivity index (χ3n) is 4.95. The maximum absolute atomic E-state index is 12.1. The predicted molar refractivity (Wildman–Crippen MR) is 93.6 cm³/mol. The number of benzene rings is 2. The van der Waals surface area contributed by atoms with Crippen molar-refractivity contribution in [3.63, 3.8) is 0 Å². The van der Waals surface area contributed by atoms with Crippen LogP contribution in [-0.4, -0.2) is 30.8 Å². The molecule has 1 amide bonds. The van der Waals surface area contributed by atoms with Gasteiger partial charge < -0.3 is 4.74 Å². The number of rotatable bonds is 3. The fraction of sp³-hybridized carbons (Fsp3) is 0.350. The van der Waals surface area contributed by atoms with Gasteiger partial charge in [-0.15, -0.1) is 0 Å². The highest BCUT2D eigenvalue weighted by molar-refractivity contribution is 5.79. The van der Waals surface area contributed by atoms with Crippen LogP contribution in [-0.2, 0) is 4.74 Å². The van der Waals surface area contributed by atoms with Crippen molar-refractivity contribution in [3.8, 4) is 11.1 Å². The van der Waals surface area contributed by atoms with Gasteiger partial charge in [-0.1, -0.05) is 55.0 Å². The molecule has 1 heterocycles. The van der Waals surface area contributed by atoms with E-state index in [4.69, 9.17) is 4.74 Å². The van der Waals surface area contributed by atoms with Gasteiger partial charge in [0.15, 0.2) is 0 Å². The molecule has 1 fully saturated rings. The van der Waals surface area contributed by atoms with Crippen molar-refractivity contribution in [1.29, 1.82) is 0 Å². The lowest BCUT2D eigenvalue weighted by Crippen LogP contribution is -2.45. The summed E-state index contributed by atoms with van der Waals surface area (Å²) in [6.45, 7) is 2.18. The minimum absolute atomic E-state index is 0.115. The fourth-order valence-corrected chi connectivity index (χ4v) is 3.77. The van der Waals surface area contributed by atoms with Gasteiger partial charge in [-0.25, -0.2) is 9.80 Å². The van der Waals surface area contributed by atoms with Crippen LogP contribution in [0.2, 0.25) is 0 Å². The Kier molecular flexibility index (Phi) is 4.22. The van der Waals surface area contributed by atoms with Crippen LogP contribution in [0.3, 0.4) is 0 Å². The zero-order valence-corrected chi connectivity index (χ0v) is 13.7. The second-order valence-corrected chi connectivity index (χ2v) is 6.49. The van der Waals surface area contributed by atoms with Crippen molar-refractivity contribution in [2.45, 2.75) is 25.2 Å². The highest BCUT2D eigenvalue weighted by Crippen LogP contribution is 2.44. The Bertz CT molecular complexity index is 692. The molecule has 0 unspecified atom stereocenters.